The number of aromatic nitrogens is 1. The van der Waals surface area contributed by atoms with Gasteiger partial charge in [-0.25, -0.2) is 0 Å². The van der Waals surface area contributed by atoms with Gasteiger partial charge in [0.15, 0.2) is 0 Å². The van der Waals surface area contributed by atoms with E-state index in [2.05, 4.69) is 41.4 Å². The predicted octanol–water partition coefficient (Wildman–Crippen LogP) is 9.27. The molecule has 0 saturated heterocycles. The van der Waals surface area contributed by atoms with Crippen molar-refractivity contribution in [3.05, 3.63) is 209 Å². The fraction of sp³-hybridized carbons (Fsp3) is 0.0682. The van der Waals surface area contributed by atoms with Crippen molar-refractivity contribution >= 4 is 0 Å². The highest BCUT2D eigenvalue weighted by molar-refractivity contribution is 5.88. The maximum atomic E-state index is 12.8. The van der Waals surface area contributed by atoms with Crippen molar-refractivity contribution in [2.45, 2.75) is 18.1 Å². The van der Waals surface area contributed by atoms with Crippen LogP contribution in [-0.2, 0) is 11.2 Å². The minimum absolute atomic E-state index is 0.794. The largest absolute Gasteiger partial charge is 0.376 e. The third-order valence-corrected chi connectivity index (χ3v) is 9.62. The van der Waals surface area contributed by atoms with Gasteiger partial charge in [-0.3, -0.25) is 4.98 Å². The third-order valence-electron chi connectivity index (χ3n) is 9.62. The Morgan fingerprint density at radius 2 is 0.553 bits per heavy atom. The number of nitrogens with zero attached hydrogens (tertiary/aromatic N) is 1. The molecule has 0 bridgehead atoms. The molecule has 0 radical (unpaired) electrons. The summed E-state index contributed by atoms with van der Waals surface area (Å²) in [6.45, 7) is 2.04. The van der Waals surface area contributed by atoms with E-state index in [9.17, 15) is 10.2 Å². The second kappa shape index (κ2) is 11.3. The molecule has 1 heterocycles. The van der Waals surface area contributed by atoms with Crippen molar-refractivity contribution in [1.29, 1.82) is 0 Å². The molecular weight excluding hydrogens is 574 g/mol. The highest BCUT2D eigenvalue weighted by atomic mass is 16.3. The number of fused-ring (bicyclic) bond motifs is 6. The van der Waals surface area contributed by atoms with E-state index in [1.54, 1.807) is 12.4 Å². The zero-order valence-electron chi connectivity index (χ0n) is 26.0. The van der Waals surface area contributed by atoms with Crippen LogP contribution in [0.5, 0.6) is 0 Å². The molecule has 0 amide bonds. The average molecular weight is 608 g/mol. The zero-order chi connectivity index (χ0) is 32.0. The number of benzene rings is 6. The van der Waals surface area contributed by atoms with Gasteiger partial charge in [0, 0.05) is 45.8 Å². The maximum Gasteiger partial charge on any atom is 0.142 e. The molecule has 0 unspecified atom stereocenters. The molecule has 0 spiro atoms. The topological polar surface area (TPSA) is 53.4 Å². The summed E-state index contributed by atoms with van der Waals surface area (Å²) >= 11 is 0. The van der Waals surface area contributed by atoms with Gasteiger partial charge in [0.05, 0.1) is 0 Å². The van der Waals surface area contributed by atoms with Gasteiger partial charge in [-0.2, -0.15) is 0 Å². The molecule has 2 aliphatic rings. The average Bonchev–Trinajstić information content (AvgIpc) is 3.56. The first-order valence-corrected chi connectivity index (χ1v) is 15.9. The molecule has 3 nitrogen and oxygen atoms in total. The summed E-state index contributed by atoms with van der Waals surface area (Å²) in [6.07, 6.45) is 3.57. The number of hydrogen-bond donors (Lipinski definition) is 2. The summed E-state index contributed by atoms with van der Waals surface area (Å²) in [7, 11) is 0. The van der Waals surface area contributed by atoms with Gasteiger partial charge >= 0.3 is 0 Å². The Morgan fingerprint density at radius 3 is 0.745 bits per heavy atom. The van der Waals surface area contributed by atoms with Crippen LogP contribution in [0, 0.1) is 6.92 Å². The monoisotopic (exact) mass is 607 g/mol. The van der Waals surface area contributed by atoms with Gasteiger partial charge in [0.1, 0.15) is 11.2 Å². The molecule has 0 fully saturated rings. The van der Waals surface area contributed by atoms with E-state index in [4.69, 9.17) is 0 Å². The normalized spacial score (nSPS) is 14.2. The summed E-state index contributed by atoms with van der Waals surface area (Å²) in [4.78, 5) is 3.85. The molecule has 7 aromatic rings. The van der Waals surface area contributed by atoms with Crippen molar-refractivity contribution in [1.82, 2.24) is 4.98 Å². The Kier molecular flexibility index (Phi) is 6.95. The van der Waals surface area contributed by atoms with E-state index >= 15 is 0 Å². The van der Waals surface area contributed by atoms with Crippen LogP contribution in [0.25, 0.3) is 33.4 Å². The number of hydrogen-bond acceptors (Lipinski definition) is 3. The van der Waals surface area contributed by atoms with E-state index < -0.39 is 11.2 Å². The summed E-state index contributed by atoms with van der Waals surface area (Å²) < 4.78 is 0. The van der Waals surface area contributed by atoms with Crippen molar-refractivity contribution in [3.63, 3.8) is 0 Å². The summed E-state index contributed by atoms with van der Waals surface area (Å²) in [6, 6.07) is 52.5. The van der Waals surface area contributed by atoms with Crippen LogP contribution >= 0.6 is 0 Å². The van der Waals surface area contributed by atoms with Gasteiger partial charge in [0.25, 0.3) is 0 Å². The number of rotatable bonds is 3. The molecule has 9 rings (SSSR count). The smallest absolute Gasteiger partial charge is 0.142 e. The van der Waals surface area contributed by atoms with Crippen molar-refractivity contribution in [3.8, 4) is 33.4 Å². The molecule has 2 N–H and O–H groups in total. The molecule has 6 aromatic carbocycles. The van der Waals surface area contributed by atoms with Crippen LogP contribution in [0.15, 0.2) is 170 Å². The first-order chi connectivity index (χ1) is 23.0. The molecule has 226 valence electrons. The first kappa shape index (κ1) is 28.8. The first-order valence-electron chi connectivity index (χ1n) is 15.9. The Labute approximate surface area is 275 Å². The van der Waals surface area contributed by atoms with E-state index in [-0.39, 0.29) is 0 Å². The van der Waals surface area contributed by atoms with Crippen LogP contribution in [0.4, 0.5) is 0 Å². The molecule has 0 atom stereocenters. The van der Waals surface area contributed by atoms with Crippen LogP contribution in [0.1, 0.15) is 38.9 Å². The fourth-order valence-electron chi connectivity index (χ4n) is 7.50. The SMILES string of the molecule is Cc1ccncc1.OC1(c2ccccc2-c2ccccc2C2(O)c3ccccc3-c3ccccc32)c2ccccc2-c2ccccc21. The lowest BCUT2D eigenvalue weighted by molar-refractivity contribution is 0.129. The van der Waals surface area contributed by atoms with E-state index in [0.717, 1.165) is 66.8 Å². The van der Waals surface area contributed by atoms with Crippen molar-refractivity contribution < 1.29 is 10.2 Å². The maximum absolute atomic E-state index is 12.8. The van der Waals surface area contributed by atoms with Crippen molar-refractivity contribution in [2.24, 2.45) is 0 Å². The van der Waals surface area contributed by atoms with Gasteiger partial charge < -0.3 is 10.2 Å². The number of pyridine rings is 1. The standard InChI is InChI=1S/C38H26O2.C6H7N/c39-37(31-19-7-1-13-25(31)26-14-2-8-20-32(26)37)35-23-11-5-17-29(35)30-18-6-12-24-36(30)38(40)33-21-9-3-15-27(33)28-16-4-10-22-34(28)38;1-6-2-4-7-5-3-6/h1-24,39-40H;2-5H,1H3. The summed E-state index contributed by atoms with van der Waals surface area (Å²) in [5, 5.41) is 25.6. The van der Waals surface area contributed by atoms with Gasteiger partial charge in [-0.15, -0.1) is 0 Å². The Hall–Kier alpha value is -5.61. The second-order valence-corrected chi connectivity index (χ2v) is 12.2. The Balaban J connectivity index is 0.000000413. The molecule has 2 aliphatic carbocycles. The summed E-state index contributed by atoms with van der Waals surface area (Å²) in [5.41, 5.74) is 9.60. The number of aliphatic hydroxyl groups is 2. The number of aryl methyl sites for hydroxylation is 1. The van der Waals surface area contributed by atoms with Gasteiger partial charge in [-0.05, 0) is 58.0 Å². The van der Waals surface area contributed by atoms with Crippen LogP contribution < -0.4 is 0 Å². The minimum Gasteiger partial charge on any atom is -0.376 e. The quantitative estimate of drug-likeness (QED) is 0.211. The summed E-state index contributed by atoms with van der Waals surface area (Å²) in [5.74, 6) is 0. The third kappa shape index (κ3) is 4.39. The lowest BCUT2D eigenvalue weighted by Gasteiger charge is -2.32. The van der Waals surface area contributed by atoms with Crippen LogP contribution in [0.3, 0.4) is 0 Å². The molecule has 0 aliphatic heterocycles. The van der Waals surface area contributed by atoms with Crippen LogP contribution in [-0.4, -0.2) is 15.2 Å². The predicted molar refractivity (Wildman–Crippen MR) is 189 cm³/mol. The Morgan fingerprint density at radius 1 is 0.340 bits per heavy atom. The molecular formula is C44H33NO2. The van der Waals surface area contributed by atoms with E-state index in [0.29, 0.717) is 0 Å². The van der Waals surface area contributed by atoms with Crippen molar-refractivity contribution in [2.75, 3.05) is 0 Å². The molecule has 0 saturated carbocycles. The molecule has 1 aromatic heterocycles. The molecule has 47 heavy (non-hydrogen) atoms. The highest BCUT2D eigenvalue weighted by Crippen LogP contribution is 2.55. The van der Waals surface area contributed by atoms with Gasteiger partial charge in [-0.1, -0.05) is 146 Å². The van der Waals surface area contributed by atoms with Crippen LogP contribution in [0.2, 0.25) is 0 Å². The fourth-order valence-corrected chi connectivity index (χ4v) is 7.50. The minimum atomic E-state index is -1.34. The molecule has 3 heteroatoms. The Bertz CT molecular complexity index is 2020. The lowest BCUT2D eigenvalue weighted by atomic mass is 9.76. The zero-order valence-corrected chi connectivity index (χ0v) is 26.0. The second-order valence-electron chi connectivity index (χ2n) is 12.2. The lowest BCUT2D eigenvalue weighted by Crippen LogP contribution is -2.29. The van der Waals surface area contributed by atoms with E-state index in [1.807, 2.05) is 128 Å². The van der Waals surface area contributed by atoms with Gasteiger partial charge in [0.2, 0.25) is 0 Å². The highest BCUT2D eigenvalue weighted by Gasteiger charge is 2.47. The van der Waals surface area contributed by atoms with E-state index in [1.165, 1.54) is 5.56 Å².